The van der Waals surface area contributed by atoms with Crippen LogP contribution in [0.2, 0.25) is 0 Å². The Morgan fingerprint density at radius 1 is 0.885 bits per heavy atom. The molecule has 2 aliphatic heterocycles. The molecule has 2 saturated heterocycles. The molecule has 3 aromatic carbocycles. The number of piperazine rings is 1. The van der Waals surface area contributed by atoms with E-state index in [9.17, 15) is 13.2 Å². The van der Waals surface area contributed by atoms with Crippen molar-refractivity contribution in [1.29, 1.82) is 0 Å². The van der Waals surface area contributed by atoms with E-state index in [-0.39, 0.29) is 29.3 Å². The summed E-state index contributed by atoms with van der Waals surface area (Å²) in [6.45, 7) is 8.11. The number of hydrogen-bond acceptors (Lipinski definition) is 11. The Morgan fingerprint density at radius 3 is 2.12 bits per heavy atom. The molecular weight excluding hydrogens is 683 g/mol. The largest absolute Gasteiger partial charge is 0.491 e. The Hall–Kier alpha value is -5.05. The Labute approximate surface area is 303 Å². The van der Waals surface area contributed by atoms with Crippen molar-refractivity contribution in [2.45, 2.75) is 49.5 Å². The Kier molecular flexibility index (Phi) is 10.1. The van der Waals surface area contributed by atoms with Crippen LogP contribution < -0.4 is 20.2 Å². The van der Waals surface area contributed by atoms with Gasteiger partial charge in [-0.2, -0.15) is 15.3 Å². The molecular formula is C38H43N7O6S. The predicted molar refractivity (Wildman–Crippen MR) is 197 cm³/mol. The monoisotopic (exact) mass is 725 g/mol. The summed E-state index contributed by atoms with van der Waals surface area (Å²) in [5.74, 6) is -0.397. The third kappa shape index (κ3) is 7.59. The zero-order valence-electron chi connectivity index (χ0n) is 29.5. The smallest absolute Gasteiger partial charge is 0.350 e. The molecule has 0 spiro atoms. The maximum absolute atomic E-state index is 12.8. The van der Waals surface area contributed by atoms with Crippen LogP contribution in [0.4, 0.5) is 11.4 Å². The first kappa shape index (κ1) is 35.4. The highest BCUT2D eigenvalue weighted by Crippen LogP contribution is 2.38. The third-order valence-electron chi connectivity index (χ3n) is 9.78. The maximum atomic E-state index is 12.8. The van der Waals surface area contributed by atoms with Crippen molar-refractivity contribution in [1.82, 2.24) is 24.5 Å². The van der Waals surface area contributed by atoms with Gasteiger partial charge in [0.15, 0.2) is 15.6 Å². The van der Waals surface area contributed by atoms with Crippen LogP contribution in [0.3, 0.4) is 0 Å². The highest BCUT2D eigenvalue weighted by atomic mass is 32.2. The van der Waals surface area contributed by atoms with E-state index < -0.39 is 15.6 Å². The molecule has 3 atom stereocenters. The van der Waals surface area contributed by atoms with Gasteiger partial charge in [0.1, 0.15) is 24.8 Å². The second-order valence-corrected chi connectivity index (χ2v) is 15.3. The Morgan fingerprint density at radius 2 is 1.52 bits per heavy atom. The van der Waals surface area contributed by atoms with Crippen molar-refractivity contribution in [2.75, 3.05) is 55.4 Å². The van der Waals surface area contributed by atoms with Crippen molar-refractivity contribution in [2.24, 2.45) is 0 Å². The van der Waals surface area contributed by atoms with Gasteiger partial charge < -0.3 is 24.0 Å². The molecule has 2 fully saturated rings. The average molecular weight is 726 g/mol. The van der Waals surface area contributed by atoms with Gasteiger partial charge in [-0.15, -0.1) is 0 Å². The number of anilines is 2. The minimum absolute atomic E-state index is 0.0568. The van der Waals surface area contributed by atoms with Crippen molar-refractivity contribution in [3.8, 4) is 11.4 Å². The lowest BCUT2D eigenvalue weighted by Crippen LogP contribution is -2.46. The molecule has 0 amide bonds. The van der Waals surface area contributed by atoms with E-state index in [0.29, 0.717) is 18.6 Å². The van der Waals surface area contributed by atoms with Crippen LogP contribution >= 0.6 is 0 Å². The number of sulfone groups is 1. The minimum Gasteiger partial charge on any atom is -0.491 e. The summed E-state index contributed by atoms with van der Waals surface area (Å²) >= 11 is 0. The molecule has 5 aromatic rings. The van der Waals surface area contributed by atoms with E-state index >= 15 is 0 Å². The van der Waals surface area contributed by atoms with Gasteiger partial charge in [0.25, 0.3) is 0 Å². The molecule has 14 heteroatoms. The summed E-state index contributed by atoms with van der Waals surface area (Å²) in [7, 11) is -3.35. The topological polar surface area (TPSA) is 134 Å². The van der Waals surface area contributed by atoms with Crippen LogP contribution in [-0.2, 0) is 31.5 Å². The highest BCUT2D eigenvalue weighted by Gasteiger charge is 2.44. The van der Waals surface area contributed by atoms with Crippen molar-refractivity contribution in [3.63, 3.8) is 0 Å². The molecule has 1 unspecified atom stereocenters. The number of aromatic nitrogens is 5. The SMILES string of the molecule is CCC(C)n1ncn(-c2ccc(N3CCN(c4ccc(OC[C@@H]5CO[C@](Cc6ccnnc6)(c6ccc(S(C)(=O)=O)cc6)O5)cc4)CC3)cc2)c1=O. The van der Waals surface area contributed by atoms with Gasteiger partial charge in [-0.1, -0.05) is 19.1 Å². The van der Waals surface area contributed by atoms with Gasteiger partial charge in [-0.05, 0) is 85.6 Å². The van der Waals surface area contributed by atoms with Gasteiger partial charge in [-0.25, -0.2) is 22.5 Å². The Balaban J connectivity index is 0.933. The highest BCUT2D eigenvalue weighted by molar-refractivity contribution is 7.90. The summed E-state index contributed by atoms with van der Waals surface area (Å²) in [6, 6.07) is 24.7. The van der Waals surface area contributed by atoms with E-state index in [1.807, 2.05) is 44.2 Å². The molecule has 0 N–H and O–H groups in total. The molecule has 0 radical (unpaired) electrons. The van der Waals surface area contributed by atoms with E-state index in [1.165, 1.54) is 10.9 Å². The van der Waals surface area contributed by atoms with Gasteiger partial charge >= 0.3 is 5.69 Å². The quantitative estimate of drug-likeness (QED) is 0.181. The van der Waals surface area contributed by atoms with Gasteiger partial charge in [0, 0.05) is 62.0 Å². The van der Waals surface area contributed by atoms with Crippen LogP contribution in [0, 0.1) is 0 Å². The molecule has 7 rings (SSSR count). The lowest BCUT2D eigenvalue weighted by atomic mass is 9.98. The molecule has 13 nitrogen and oxygen atoms in total. The zero-order chi connectivity index (χ0) is 36.3. The number of ether oxygens (including phenoxy) is 3. The van der Waals surface area contributed by atoms with Gasteiger partial charge in [0.2, 0.25) is 0 Å². The van der Waals surface area contributed by atoms with Gasteiger partial charge in [0.05, 0.1) is 29.4 Å². The van der Waals surface area contributed by atoms with E-state index in [0.717, 1.165) is 61.0 Å². The molecule has 272 valence electrons. The molecule has 4 heterocycles. The molecule has 2 aromatic heterocycles. The first-order chi connectivity index (χ1) is 25.1. The molecule has 52 heavy (non-hydrogen) atoms. The zero-order valence-corrected chi connectivity index (χ0v) is 30.4. The van der Waals surface area contributed by atoms with Crippen LogP contribution in [0.15, 0.2) is 107 Å². The maximum Gasteiger partial charge on any atom is 0.350 e. The van der Waals surface area contributed by atoms with E-state index in [2.05, 4.69) is 49.4 Å². The van der Waals surface area contributed by atoms with Crippen LogP contribution in [0.1, 0.15) is 37.4 Å². The summed E-state index contributed by atoms with van der Waals surface area (Å²) in [4.78, 5) is 17.8. The summed E-state index contributed by atoms with van der Waals surface area (Å²) < 4.78 is 46.2. The fourth-order valence-corrected chi connectivity index (χ4v) is 7.23. The van der Waals surface area contributed by atoms with Crippen molar-refractivity contribution in [3.05, 3.63) is 119 Å². The van der Waals surface area contributed by atoms with E-state index in [1.54, 1.807) is 47.6 Å². The lowest BCUT2D eigenvalue weighted by molar-refractivity contribution is -0.178. The first-order valence-corrected chi connectivity index (χ1v) is 19.4. The number of benzene rings is 3. The van der Waals surface area contributed by atoms with E-state index in [4.69, 9.17) is 14.2 Å². The standard InChI is InChI=1S/C38H43N7O6S/c1-4-28(2)45-37(46)44(27-41-45)33-9-7-31(8-10-33)42-19-21-43(22-20-42)32-11-13-34(14-12-32)49-25-35-26-50-38(51-35,23-29-17-18-39-40-24-29)30-5-15-36(16-6-30)52(3,47)48/h5-18,24,27-28,35H,4,19-23,25-26H2,1-3H3/t28?,35-,38+/m1/s1. The second kappa shape index (κ2) is 14.9. The second-order valence-electron chi connectivity index (χ2n) is 13.3. The van der Waals surface area contributed by atoms with Crippen LogP contribution in [0.5, 0.6) is 5.75 Å². The average Bonchev–Trinajstić information content (AvgIpc) is 3.78. The first-order valence-electron chi connectivity index (χ1n) is 17.5. The lowest BCUT2D eigenvalue weighted by Gasteiger charge is -2.37. The molecule has 0 bridgehead atoms. The summed E-state index contributed by atoms with van der Waals surface area (Å²) in [5.41, 5.74) is 4.52. The number of rotatable bonds is 12. The Bertz CT molecular complexity index is 2120. The van der Waals surface area contributed by atoms with Crippen LogP contribution in [0.25, 0.3) is 5.69 Å². The molecule has 0 saturated carbocycles. The summed E-state index contributed by atoms with van der Waals surface area (Å²) in [5, 5.41) is 12.2. The van der Waals surface area contributed by atoms with Gasteiger partial charge in [-0.3, -0.25) is 0 Å². The predicted octanol–water partition coefficient (Wildman–Crippen LogP) is 4.42. The van der Waals surface area contributed by atoms with Crippen LogP contribution in [-0.4, -0.2) is 84.7 Å². The number of hydrogen-bond donors (Lipinski definition) is 0. The summed E-state index contributed by atoms with van der Waals surface area (Å²) in [6.07, 6.45) is 6.92. The minimum atomic E-state index is -3.35. The normalized spacial score (nSPS) is 19.9. The fraction of sp³-hybridized carbons (Fsp3) is 0.368. The molecule has 0 aliphatic carbocycles. The van der Waals surface area contributed by atoms with Crippen molar-refractivity contribution < 1.29 is 22.6 Å². The third-order valence-corrected chi connectivity index (χ3v) is 10.9. The molecule has 2 aliphatic rings. The fourth-order valence-electron chi connectivity index (χ4n) is 6.60. The number of nitrogens with zero attached hydrogens (tertiary/aromatic N) is 7. The van der Waals surface area contributed by atoms with Crippen molar-refractivity contribution >= 4 is 21.2 Å².